The molecule has 0 aromatic carbocycles. The first-order valence-corrected chi connectivity index (χ1v) is 10.7. The molecule has 2 aromatic rings. The van der Waals surface area contributed by atoms with Crippen LogP contribution in [-0.4, -0.2) is 34.9 Å². The molecule has 2 heterocycles. The van der Waals surface area contributed by atoms with Gasteiger partial charge >= 0.3 is 5.69 Å². The maximum Gasteiger partial charge on any atom is 0.332 e. The lowest BCUT2D eigenvalue weighted by Crippen LogP contribution is -2.40. The highest BCUT2D eigenvalue weighted by molar-refractivity contribution is 7.18. The third kappa shape index (κ3) is 4.18. The van der Waals surface area contributed by atoms with Gasteiger partial charge in [0.2, 0.25) is 0 Å². The number of rotatable bonds is 9. The van der Waals surface area contributed by atoms with Gasteiger partial charge in [-0.25, -0.2) is 4.79 Å². The smallest absolute Gasteiger partial charge is 0.332 e. The molecule has 0 radical (unpaired) electrons. The Morgan fingerprint density at radius 1 is 1.26 bits per heavy atom. The van der Waals surface area contributed by atoms with Gasteiger partial charge in [-0.05, 0) is 32.3 Å². The summed E-state index contributed by atoms with van der Waals surface area (Å²) >= 11 is 1.52. The Morgan fingerprint density at radius 3 is 2.67 bits per heavy atom. The molecule has 7 nitrogen and oxygen atoms in total. The first-order chi connectivity index (χ1) is 13.1. The Bertz CT molecular complexity index is 893. The number of nitrogens with zero attached hydrogens (tertiary/aromatic N) is 2. The molecule has 0 spiro atoms. The van der Waals surface area contributed by atoms with Crippen LogP contribution in [0.25, 0.3) is 10.2 Å². The van der Waals surface area contributed by atoms with Gasteiger partial charge in [-0.1, -0.05) is 12.8 Å². The van der Waals surface area contributed by atoms with Crippen LogP contribution in [0.1, 0.15) is 43.0 Å². The Balaban J connectivity index is 1.95. The van der Waals surface area contributed by atoms with E-state index in [4.69, 9.17) is 10.5 Å². The second-order valence-electron chi connectivity index (χ2n) is 7.06. The van der Waals surface area contributed by atoms with Crippen molar-refractivity contribution in [3.8, 4) is 0 Å². The summed E-state index contributed by atoms with van der Waals surface area (Å²) in [5.41, 5.74) is 6.07. The van der Waals surface area contributed by atoms with Crippen molar-refractivity contribution in [1.82, 2.24) is 14.5 Å². The Kier molecular flexibility index (Phi) is 6.86. The second-order valence-corrected chi connectivity index (χ2v) is 8.14. The Labute approximate surface area is 163 Å². The second kappa shape index (κ2) is 9.14. The predicted octanol–water partition coefficient (Wildman–Crippen LogP) is 1.56. The fraction of sp³-hybridized carbons (Fsp3) is 0.684. The Morgan fingerprint density at radius 2 is 2.00 bits per heavy atom. The largest absolute Gasteiger partial charge is 0.376 e. The van der Waals surface area contributed by atoms with Crippen LogP contribution < -0.4 is 22.3 Å². The van der Waals surface area contributed by atoms with Crippen LogP contribution in [-0.2, 0) is 24.4 Å². The number of nitrogens with one attached hydrogen (secondary N) is 1. The van der Waals surface area contributed by atoms with Crippen LogP contribution in [0, 0.1) is 6.92 Å². The van der Waals surface area contributed by atoms with Gasteiger partial charge in [0.25, 0.3) is 5.56 Å². The number of aromatic nitrogens is 2. The van der Waals surface area contributed by atoms with E-state index >= 15 is 0 Å². The van der Waals surface area contributed by atoms with Gasteiger partial charge < -0.3 is 15.8 Å². The van der Waals surface area contributed by atoms with Gasteiger partial charge in [0.1, 0.15) is 4.83 Å². The molecule has 8 heteroatoms. The minimum absolute atomic E-state index is 0.190. The number of ether oxygens (including phenoxy) is 1. The summed E-state index contributed by atoms with van der Waals surface area (Å²) in [6, 6.07) is 0. The van der Waals surface area contributed by atoms with E-state index in [-0.39, 0.29) is 11.2 Å². The summed E-state index contributed by atoms with van der Waals surface area (Å²) in [4.78, 5) is 27.6. The van der Waals surface area contributed by atoms with E-state index in [0.717, 1.165) is 34.7 Å². The van der Waals surface area contributed by atoms with Gasteiger partial charge in [0.05, 0.1) is 24.6 Å². The van der Waals surface area contributed by atoms with E-state index in [0.29, 0.717) is 44.3 Å². The molecule has 1 aliphatic carbocycles. The summed E-state index contributed by atoms with van der Waals surface area (Å²) < 4.78 is 9.01. The molecule has 0 saturated heterocycles. The van der Waals surface area contributed by atoms with Crippen molar-refractivity contribution in [2.24, 2.45) is 5.73 Å². The number of nitrogens with two attached hydrogens (primary N) is 1. The summed E-state index contributed by atoms with van der Waals surface area (Å²) in [7, 11) is 0. The quantitative estimate of drug-likeness (QED) is 0.630. The van der Waals surface area contributed by atoms with Crippen LogP contribution in [0.15, 0.2) is 9.59 Å². The van der Waals surface area contributed by atoms with Crippen LogP contribution in [0.3, 0.4) is 0 Å². The van der Waals surface area contributed by atoms with Crippen molar-refractivity contribution in [1.29, 1.82) is 0 Å². The lowest BCUT2D eigenvalue weighted by Gasteiger charge is -2.14. The molecular formula is C19H30N4O3S. The van der Waals surface area contributed by atoms with Gasteiger partial charge in [-0.2, -0.15) is 0 Å². The lowest BCUT2D eigenvalue weighted by molar-refractivity contribution is 0.0528. The van der Waals surface area contributed by atoms with E-state index in [2.05, 4.69) is 5.32 Å². The first kappa shape index (κ1) is 20.3. The number of fused-ring (bicyclic) bond motifs is 1. The Hall–Kier alpha value is -1.48. The molecule has 0 atom stereocenters. The fourth-order valence-corrected chi connectivity index (χ4v) is 5.04. The minimum atomic E-state index is -0.243. The molecular weight excluding hydrogens is 364 g/mol. The molecule has 150 valence electrons. The number of thiophene rings is 1. The molecule has 0 unspecified atom stereocenters. The maximum atomic E-state index is 12.9. The molecule has 3 rings (SSSR count). The summed E-state index contributed by atoms with van der Waals surface area (Å²) in [5.74, 6) is 0. The van der Waals surface area contributed by atoms with Gasteiger partial charge in [0.15, 0.2) is 0 Å². The van der Waals surface area contributed by atoms with Crippen molar-refractivity contribution in [3.05, 3.63) is 31.3 Å². The monoisotopic (exact) mass is 394 g/mol. The highest BCUT2D eigenvalue weighted by atomic mass is 32.1. The fourth-order valence-electron chi connectivity index (χ4n) is 3.75. The molecule has 2 aromatic heterocycles. The normalized spacial score (nSPS) is 15.2. The topological polar surface area (TPSA) is 91.3 Å². The SMILES string of the molecule is CCn1c(=O)c2c(C)c(CNCCN)sc2n(CCOC2CCCC2)c1=O. The van der Waals surface area contributed by atoms with E-state index in [1.165, 1.54) is 28.7 Å². The average molecular weight is 395 g/mol. The van der Waals surface area contributed by atoms with Crippen molar-refractivity contribution in [3.63, 3.8) is 0 Å². The zero-order chi connectivity index (χ0) is 19.4. The van der Waals surface area contributed by atoms with Crippen LogP contribution in [0.4, 0.5) is 0 Å². The minimum Gasteiger partial charge on any atom is -0.376 e. The van der Waals surface area contributed by atoms with E-state index < -0.39 is 0 Å². The molecule has 27 heavy (non-hydrogen) atoms. The molecule has 0 bridgehead atoms. The molecule has 0 amide bonds. The number of hydrogen-bond acceptors (Lipinski definition) is 6. The molecule has 1 aliphatic rings. The maximum absolute atomic E-state index is 12.9. The molecule has 1 saturated carbocycles. The van der Waals surface area contributed by atoms with Crippen molar-refractivity contribution >= 4 is 21.6 Å². The highest BCUT2D eigenvalue weighted by Gasteiger charge is 2.20. The molecule has 3 N–H and O–H groups in total. The average Bonchev–Trinajstić information content (AvgIpc) is 3.27. The highest BCUT2D eigenvalue weighted by Crippen LogP contribution is 2.28. The standard InChI is InChI=1S/C19H30N4O3S/c1-3-22-17(24)16-13(2)15(12-21-9-8-20)27-18(16)23(19(22)25)10-11-26-14-6-4-5-7-14/h14,21H,3-12,20H2,1-2H3. The van der Waals surface area contributed by atoms with Gasteiger partial charge in [0, 0.05) is 31.1 Å². The van der Waals surface area contributed by atoms with Gasteiger partial charge in [-0.15, -0.1) is 11.3 Å². The zero-order valence-electron chi connectivity index (χ0n) is 16.3. The van der Waals surface area contributed by atoms with Crippen LogP contribution in [0.5, 0.6) is 0 Å². The summed E-state index contributed by atoms with van der Waals surface area (Å²) in [5, 5.41) is 3.94. The van der Waals surface area contributed by atoms with E-state index in [1.54, 1.807) is 4.57 Å². The third-order valence-electron chi connectivity index (χ3n) is 5.29. The third-order valence-corrected chi connectivity index (χ3v) is 6.60. The summed E-state index contributed by atoms with van der Waals surface area (Å²) in [6.07, 6.45) is 4.97. The zero-order valence-corrected chi connectivity index (χ0v) is 17.1. The first-order valence-electron chi connectivity index (χ1n) is 9.86. The van der Waals surface area contributed by atoms with E-state index in [9.17, 15) is 9.59 Å². The molecule has 0 aliphatic heterocycles. The van der Waals surface area contributed by atoms with Crippen LogP contribution >= 0.6 is 11.3 Å². The predicted molar refractivity (Wildman–Crippen MR) is 110 cm³/mol. The van der Waals surface area contributed by atoms with Crippen molar-refractivity contribution < 1.29 is 4.74 Å². The van der Waals surface area contributed by atoms with Crippen LogP contribution in [0.2, 0.25) is 0 Å². The number of hydrogen-bond donors (Lipinski definition) is 2. The number of aryl methyl sites for hydroxylation is 1. The van der Waals surface area contributed by atoms with Gasteiger partial charge in [-0.3, -0.25) is 13.9 Å². The van der Waals surface area contributed by atoms with Crippen molar-refractivity contribution in [2.75, 3.05) is 19.7 Å². The molecule has 1 fully saturated rings. The van der Waals surface area contributed by atoms with Crippen molar-refractivity contribution in [2.45, 2.75) is 65.3 Å². The van der Waals surface area contributed by atoms with E-state index in [1.807, 2.05) is 13.8 Å². The summed E-state index contributed by atoms with van der Waals surface area (Å²) in [6.45, 7) is 7.07. The lowest BCUT2D eigenvalue weighted by atomic mass is 10.2.